The average Bonchev–Trinajstić information content (AvgIpc) is 2.34. The highest BCUT2D eigenvalue weighted by Crippen LogP contribution is 2.19. The second-order valence-corrected chi connectivity index (χ2v) is 3.41. The standard InChI is InChI=1S/C12H15FN2O3/c1-3-10(14-15-12(17)18-4-2)9-7-8(13)5-6-11(9)16/h5-7,16H,3-4H2,1-2H3,(H,15,17)/b14-10+. The summed E-state index contributed by atoms with van der Waals surface area (Å²) in [6.07, 6.45) is -0.275. The number of carbonyl (C=O) groups is 1. The zero-order chi connectivity index (χ0) is 13.5. The number of phenols is 1. The molecule has 1 aromatic rings. The van der Waals surface area contributed by atoms with Gasteiger partial charge in [-0.25, -0.2) is 14.6 Å². The predicted octanol–water partition coefficient (Wildman–Crippen LogP) is 2.39. The van der Waals surface area contributed by atoms with Crippen LogP contribution in [0.1, 0.15) is 25.8 Å². The summed E-state index contributed by atoms with van der Waals surface area (Å²) < 4.78 is 17.7. The van der Waals surface area contributed by atoms with Gasteiger partial charge in [-0.3, -0.25) is 0 Å². The Kier molecular flexibility index (Phi) is 5.10. The van der Waals surface area contributed by atoms with Crippen LogP contribution >= 0.6 is 0 Å². The zero-order valence-electron chi connectivity index (χ0n) is 10.2. The van der Waals surface area contributed by atoms with Gasteiger partial charge >= 0.3 is 6.09 Å². The van der Waals surface area contributed by atoms with Gasteiger partial charge in [0.1, 0.15) is 11.6 Å². The first-order valence-corrected chi connectivity index (χ1v) is 5.56. The van der Waals surface area contributed by atoms with Crippen molar-refractivity contribution in [1.82, 2.24) is 5.43 Å². The third-order valence-corrected chi connectivity index (χ3v) is 2.16. The molecule has 98 valence electrons. The van der Waals surface area contributed by atoms with E-state index in [1.54, 1.807) is 13.8 Å². The van der Waals surface area contributed by atoms with Crippen molar-refractivity contribution in [2.75, 3.05) is 6.61 Å². The molecule has 0 unspecified atom stereocenters. The van der Waals surface area contributed by atoms with Crippen molar-refractivity contribution in [3.05, 3.63) is 29.6 Å². The molecule has 0 aliphatic heterocycles. The lowest BCUT2D eigenvalue weighted by molar-refractivity contribution is 0.152. The van der Waals surface area contributed by atoms with Gasteiger partial charge in [0.25, 0.3) is 0 Å². The monoisotopic (exact) mass is 254 g/mol. The van der Waals surface area contributed by atoms with E-state index >= 15 is 0 Å². The van der Waals surface area contributed by atoms with Crippen molar-refractivity contribution in [3.63, 3.8) is 0 Å². The molecule has 0 radical (unpaired) electrons. The minimum atomic E-state index is -0.695. The maximum atomic E-state index is 13.1. The Hall–Kier alpha value is -2.11. The first-order valence-electron chi connectivity index (χ1n) is 5.56. The van der Waals surface area contributed by atoms with E-state index in [1.807, 2.05) is 0 Å². The Morgan fingerprint density at radius 1 is 1.50 bits per heavy atom. The smallest absolute Gasteiger partial charge is 0.427 e. The summed E-state index contributed by atoms with van der Waals surface area (Å²) in [5.74, 6) is -0.581. The Balaban J connectivity index is 2.91. The molecule has 0 saturated heterocycles. The highest BCUT2D eigenvalue weighted by molar-refractivity contribution is 6.02. The second-order valence-electron chi connectivity index (χ2n) is 3.41. The number of rotatable bonds is 4. The lowest BCUT2D eigenvalue weighted by atomic mass is 10.1. The van der Waals surface area contributed by atoms with Crippen molar-refractivity contribution in [2.24, 2.45) is 5.10 Å². The molecule has 0 bridgehead atoms. The number of halogens is 1. The van der Waals surface area contributed by atoms with E-state index < -0.39 is 11.9 Å². The fourth-order valence-corrected chi connectivity index (χ4v) is 1.35. The number of phenolic OH excluding ortho intramolecular Hbond substituents is 1. The van der Waals surface area contributed by atoms with Crippen molar-refractivity contribution in [3.8, 4) is 5.75 Å². The lowest BCUT2D eigenvalue weighted by Crippen LogP contribution is -2.21. The minimum Gasteiger partial charge on any atom is -0.507 e. The Labute approximate surface area is 104 Å². The van der Waals surface area contributed by atoms with Crippen LogP contribution < -0.4 is 5.43 Å². The largest absolute Gasteiger partial charge is 0.507 e. The number of ether oxygens (including phenoxy) is 1. The minimum absolute atomic E-state index is 0.0948. The number of nitrogens with zero attached hydrogens (tertiary/aromatic N) is 1. The average molecular weight is 254 g/mol. The SMILES string of the molecule is CCOC(=O)N/N=C(\CC)c1cc(F)ccc1O. The number of amides is 1. The summed E-state index contributed by atoms with van der Waals surface area (Å²) in [6.45, 7) is 3.67. The maximum absolute atomic E-state index is 13.1. The molecule has 0 aliphatic rings. The van der Waals surface area contributed by atoms with Crippen molar-refractivity contribution < 1.29 is 19.0 Å². The first kappa shape index (κ1) is 14.0. The predicted molar refractivity (Wildman–Crippen MR) is 65.1 cm³/mol. The number of carbonyl (C=O) groups excluding carboxylic acids is 1. The third-order valence-electron chi connectivity index (χ3n) is 2.16. The highest BCUT2D eigenvalue weighted by atomic mass is 19.1. The molecule has 6 heteroatoms. The molecular formula is C12H15FN2O3. The number of hydrazone groups is 1. The van der Waals surface area contributed by atoms with E-state index in [0.29, 0.717) is 12.1 Å². The summed E-state index contributed by atoms with van der Waals surface area (Å²) in [5, 5.41) is 13.4. The number of benzene rings is 1. The first-order chi connectivity index (χ1) is 8.58. The third kappa shape index (κ3) is 3.73. The molecule has 0 heterocycles. The summed E-state index contributed by atoms with van der Waals surface area (Å²) in [7, 11) is 0. The maximum Gasteiger partial charge on any atom is 0.427 e. The fourth-order valence-electron chi connectivity index (χ4n) is 1.35. The summed E-state index contributed by atoms with van der Waals surface area (Å²) in [4.78, 5) is 11.1. The molecule has 0 fully saturated rings. The van der Waals surface area contributed by atoms with Gasteiger partial charge in [0.2, 0.25) is 0 Å². The highest BCUT2D eigenvalue weighted by Gasteiger charge is 2.09. The van der Waals surface area contributed by atoms with E-state index in [-0.39, 0.29) is 17.9 Å². The van der Waals surface area contributed by atoms with Crippen LogP contribution in [0.25, 0.3) is 0 Å². The second kappa shape index (κ2) is 6.58. The van der Waals surface area contributed by atoms with Crippen LogP contribution in [-0.2, 0) is 4.74 Å². The Morgan fingerprint density at radius 2 is 2.22 bits per heavy atom. The molecule has 0 spiro atoms. The molecule has 1 amide bonds. The van der Waals surface area contributed by atoms with Gasteiger partial charge in [-0.05, 0) is 31.5 Å². The van der Waals surface area contributed by atoms with Gasteiger partial charge in [0.05, 0.1) is 12.3 Å². The lowest BCUT2D eigenvalue weighted by Gasteiger charge is -2.07. The van der Waals surface area contributed by atoms with Crippen molar-refractivity contribution >= 4 is 11.8 Å². The van der Waals surface area contributed by atoms with Crippen LogP contribution in [-0.4, -0.2) is 23.5 Å². The molecule has 0 saturated carbocycles. The van der Waals surface area contributed by atoms with Crippen LogP contribution in [0.4, 0.5) is 9.18 Å². The molecule has 0 aliphatic carbocycles. The van der Waals surface area contributed by atoms with E-state index in [2.05, 4.69) is 15.3 Å². The van der Waals surface area contributed by atoms with Crippen molar-refractivity contribution in [2.45, 2.75) is 20.3 Å². The Bertz CT molecular complexity index is 461. The summed E-state index contributed by atoms with van der Waals surface area (Å²) in [5.41, 5.74) is 2.78. The molecular weight excluding hydrogens is 239 g/mol. The Morgan fingerprint density at radius 3 is 2.83 bits per heavy atom. The topological polar surface area (TPSA) is 70.9 Å². The van der Waals surface area contributed by atoms with Gasteiger partial charge in [0, 0.05) is 5.56 Å². The van der Waals surface area contributed by atoms with Crippen LogP contribution in [0.5, 0.6) is 5.75 Å². The number of hydrogen-bond acceptors (Lipinski definition) is 4. The van der Waals surface area contributed by atoms with Crippen LogP contribution in [0, 0.1) is 5.82 Å². The van der Waals surface area contributed by atoms with Crippen LogP contribution in [0.15, 0.2) is 23.3 Å². The van der Waals surface area contributed by atoms with E-state index in [1.165, 1.54) is 6.07 Å². The fraction of sp³-hybridized carbons (Fsp3) is 0.333. The van der Waals surface area contributed by atoms with E-state index in [4.69, 9.17) is 0 Å². The van der Waals surface area contributed by atoms with E-state index in [9.17, 15) is 14.3 Å². The normalized spacial score (nSPS) is 11.2. The number of nitrogens with one attached hydrogen (secondary N) is 1. The summed E-state index contributed by atoms with van der Waals surface area (Å²) >= 11 is 0. The van der Waals surface area contributed by atoms with Gasteiger partial charge in [-0.2, -0.15) is 5.10 Å². The molecule has 1 rings (SSSR count). The van der Waals surface area contributed by atoms with Gasteiger partial charge in [-0.15, -0.1) is 0 Å². The number of hydrogen-bond donors (Lipinski definition) is 2. The number of aromatic hydroxyl groups is 1. The van der Waals surface area contributed by atoms with Crippen LogP contribution in [0.3, 0.4) is 0 Å². The molecule has 0 atom stereocenters. The quantitative estimate of drug-likeness (QED) is 0.640. The van der Waals surface area contributed by atoms with Gasteiger partial charge < -0.3 is 9.84 Å². The molecule has 18 heavy (non-hydrogen) atoms. The summed E-state index contributed by atoms with van der Waals surface area (Å²) in [6, 6.07) is 3.54. The molecule has 5 nitrogen and oxygen atoms in total. The van der Waals surface area contributed by atoms with E-state index in [0.717, 1.165) is 12.1 Å². The molecule has 2 N–H and O–H groups in total. The zero-order valence-corrected chi connectivity index (χ0v) is 10.2. The molecule has 1 aromatic carbocycles. The van der Waals surface area contributed by atoms with Crippen LogP contribution in [0.2, 0.25) is 0 Å². The van der Waals surface area contributed by atoms with Gasteiger partial charge in [0.15, 0.2) is 0 Å². The van der Waals surface area contributed by atoms with Gasteiger partial charge in [-0.1, -0.05) is 6.92 Å². The molecule has 0 aromatic heterocycles. The van der Waals surface area contributed by atoms with Crippen molar-refractivity contribution in [1.29, 1.82) is 0 Å².